The molecule has 1 N–H and O–H groups in total. The van der Waals surface area contributed by atoms with E-state index < -0.39 is 0 Å². The van der Waals surface area contributed by atoms with E-state index in [9.17, 15) is 5.11 Å². The van der Waals surface area contributed by atoms with Gasteiger partial charge >= 0.3 is 0 Å². The van der Waals surface area contributed by atoms with Crippen molar-refractivity contribution in [2.45, 2.75) is 37.5 Å². The lowest BCUT2D eigenvalue weighted by Crippen LogP contribution is -2.54. The molecular weight excluding hydrogens is 282 g/mol. The van der Waals surface area contributed by atoms with Crippen molar-refractivity contribution in [3.8, 4) is 11.5 Å². The van der Waals surface area contributed by atoms with Gasteiger partial charge in [0, 0.05) is 26.2 Å². The number of rotatable bonds is 2. The van der Waals surface area contributed by atoms with E-state index in [4.69, 9.17) is 14.2 Å². The highest BCUT2D eigenvalue weighted by molar-refractivity contribution is 5.43. The van der Waals surface area contributed by atoms with E-state index in [0.717, 1.165) is 50.5 Å². The van der Waals surface area contributed by atoms with Gasteiger partial charge in [0.2, 0.25) is 0 Å². The molecule has 2 fully saturated rings. The van der Waals surface area contributed by atoms with Crippen LogP contribution in [0.1, 0.15) is 24.8 Å². The number of ether oxygens (including phenoxy) is 3. The number of likely N-dealkylation sites (tertiary alicyclic amines) is 1. The lowest BCUT2D eigenvalue weighted by atomic mass is 9.86. The first-order chi connectivity index (χ1) is 10.8. The normalized spacial score (nSPS) is 31.6. The van der Waals surface area contributed by atoms with Gasteiger partial charge in [-0.25, -0.2) is 0 Å². The molecule has 4 rings (SSSR count). The van der Waals surface area contributed by atoms with E-state index >= 15 is 0 Å². The van der Waals surface area contributed by atoms with Crippen LogP contribution in [0.15, 0.2) is 18.2 Å². The van der Waals surface area contributed by atoms with E-state index in [1.807, 2.05) is 6.07 Å². The topological polar surface area (TPSA) is 51.2 Å². The molecule has 3 heterocycles. The van der Waals surface area contributed by atoms with Crippen LogP contribution < -0.4 is 9.47 Å². The van der Waals surface area contributed by atoms with Crippen LogP contribution in [0.3, 0.4) is 0 Å². The highest BCUT2D eigenvalue weighted by Gasteiger charge is 2.45. The van der Waals surface area contributed by atoms with Crippen molar-refractivity contribution in [1.82, 2.24) is 4.90 Å². The molecule has 120 valence electrons. The number of fused-ring (bicyclic) bond motifs is 1. The summed E-state index contributed by atoms with van der Waals surface area (Å²) in [6.45, 7) is 4.48. The van der Waals surface area contributed by atoms with Gasteiger partial charge in [-0.2, -0.15) is 0 Å². The summed E-state index contributed by atoms with van der Waals surface area (Å²) in [6, 6.07) is 6.11. The quantitative estimate of drug-likeness (QED) is 0.899. The maximum Gasteiger partial charge on any atom is 0.161 e. The average molecular weight is 305 g/mol. The van der Waals surface area contributed by atoms with E-state index in [1.54, 1.807) is 0 Å². The van der Waals surface area contributed by atoms with E-state index in [-0.39, 0.29) is 11.7 Å². The largest absolute Gasteiger partial charge is 0.486 e. The van der Waals surface area contributed by atoms with Crippen LogP contribution in [0.2, 0.25) is 0 Å². The molecule has 22 heavy (non-hydrogen) atoms. The van der Waals surface area contributed by atoms with Crippen LogP contribution in [-0.2, 0) is 11.3 Å². The minimum atomic E-state index is -0.388. The Labute approximate surface area is 130 Å². The van der Waals surface area contributed by atoms with Crippen molar-refractivity contribution < 1.29 is 19.3 Å². The van der Waals surface area contributed by atoms with Crippen LogP contribution >= 0.6 is 0 Å². The zero-order valence-corrected chi connectivity index (χ0v) is 12.8. The van der Waals surface area contributed by atoms with Crippen LogP contribution in [-0.4, -0.2) is 54.6 Å². The molecule has 0 unspecified atom stereocenters. The first-order valence-corrected chi connectivity index (χ1v) is 8.18. The lowest BCUT2D eigenvalue weighted by Gasteiger charge is -2.42. The molecule has 0 radical (unpaired) electrons. The Bertz CT molecular complexity index is 541. The Morgan fingerprint density at radius 3 is 2.77 bits per heavy atom. The third-order valence-electron chi connectivity index (χ3n) is 5.04. The smallest absolute Gasteiger partial charge is 0.161 e. The fourth-order valence-electron chi connectivity index (χ4n) is 3.78. The number of benzene rings is 1. The minimum Gasteiger partial charge on any atom is -0.486 e. The van der Waals surface area contributed by atoms with Crippen molar-refractivity contribution in [3.63, 3.8) is 0 Å². The number of aliphatic hydroxyl groups excluding tert-OH is 1. The summed E-state index contributed by atoms with van der Waals surface area (Å²) in [6.07, 6.45) is 2.59. The predicted molar refractivity (Wildman–Crippen MR) is 81.2 cm³/mol. The first-order valence-electron chi connectivity index (χ1n) is 8.18. The van der Waals surface area contributed by atoms with Crippen LogP contribution in [0, 0.1) is 0 Å². The summed E-state index contributed by atoms with van der Waals surface area (Å²) in [5.74, 6) is 1.66. The average Bonchev–Trinajstić information content (AvgIpc) is 3.01. The maximum absolute atomic E-state index is 10.5. The van der Waals surface area contributed by atoms with E-state index in [0.29, 0.717) is 19.8 Å². The fraction of sp³-hybridized carbons (Fsp3) is 0.647. The molecule has 0 aromatic heterocycles. The number of β-amino-alcohol motifs (C(OH)–C–C–N with tert-alkyl or cyclic N) is 1. The summed E-state index contributed by atoms with van der Waals surface area (Å²) in [4.78, 5) is 2.29. The monoisotopic (exact) mass is 305 g/mol. The van der Waals surface area contributed by atoms with Gasteiger partial charge in [-0.3, -0.25) is 4.90 Å². The number of piperidine rings is 1. The fourth-order valence-corrected chi connectivity index (χ4v) is 3.78. The third kappa shape index (κ3) is 2.57. The molecule has 1 aromatic carbocycles. The zero-order chi connectivity index (χ0) is 15.0. The van der Waals surface area contributed by atoms with Crippen LogP contribution in [0.5, 0.6) is 11.5 Å². The molecule has 3 aliphatic heterocycles. The molecule has 0 aliphatic carbocycles. The van der Waals surface area contributed by atoms with Crippen LogP contribution in [0.25, 0.3) is 0 Å². The molecule has 1 spiro atoms. The van der Waals surface area contributed by atoms with Gasteiger partial charge in [0.05, 0.1) is 11.7 Å². The molecular formula is C17H23NO4. The van der Waals surface area contributed by atoms with Crippen molar-refractivity contribution in [3.05, 3.63) is 23.8 Å². The van der Waals surface area contributed by atoms with Gasteiger partial charge in [-0.15, -0.1) is 0 Å². The zero-order valence-electron chi connectivity index (χ0n) is 12.8. The molecule has 3 aliphatic rings. The number of aliphatic hydroxyl groups is 1. The molecule has 2 saturated heterocycles. The standard InChI is InChI=1S/C17H23NO4/c19-16-12-18(6-5-17(16)4-1-7-22-17)11-13-2-3-14-15(10-13)21-9-8-20-14/h2-3,10,16,19H,1,4-9,11-12H2/t16-,17-/m0/s1. The highest BCUT2D eigenvalue weighted by atomic mass is 16.6. The molecule has 2 atom stereocenters. The Hall–Kier alpha value is -1.30. The van der Waals surface area contributed by atoms with Gasteiger partial charge in [0.15, 0.2) is 11.5 Å². The second-order valence-electron chi connectivity index (χ2n) is 6.50. The number of hydrogen-bond donors (Lipinski definition) is 1. The van der Waals surface area contributed by atoms with Crippen molar-refractivity contribution in [2.24, 2.45) is 0 Å². The van der Waals surface area contributed by atoms with Crippen molar-refractivity contribution in [2.75, 3.05) is 32.9 Å². The van der Waals surface area contributed by atoms with Gasteiger partial charge < -0.3 is 19.3 Å². The summed E-state index contributed by atoms with van der Waals surface area (Å²) in [5.41, 5.74) is 0.920. The maximum atomic E-state index is 10.5. The second kappa shape index (κ2) is 5.72. The lowest BCUT2D eigenvalue weighted by molar-refractivity contribution is -0.130. The summed E-state index contributed by atoms with van der Waals surface area (Å²) >= 11 is 0. The van der Waals surface area contributed by atoms with Gasteiger partial charge in [0.25, 0.3) is 0 Å². The molecule has 0 bridgehead atoms. The Kier molecular flexibility index (Phi) is 3.72. The molecule has 0 amide bonds. The highest BCUT2D eigenvalue weighted by Crippen LogP contribution is 2.37. The molecule has 5 nitrogen and oxygen atoms in total. The second-order valence-corrected chi connectivity index (χ2v) is 6.50. The summed E-state index contributed by atoms with van der Waals surface area (Å²) in [7, 11) is 0. The van der Waals surface area contributed by atoms with Gasteiger partial charge in [-0.1, -0.05) is 6.07 Å². The predicted octanol–water partition coefficient (Wildman–Crippen LogP) is 1.57. The Morgan fingerprint density at radius 1 is 1.14 bits per heavy atom. The Morgan fingerprint density at radius 2 is 2.00 bits per heavy atom. The van der Waals surface area contributed by atoms with Gasteiger partial charge in [0.1, 0.15) is 13.2 Å². The third-order valence-corrected chi connectivity index (χ3v) is 5.04. The SMILES string of the molecule is O[C@H]1CN(Cc2ccc3c(c2)OCCO3)CC[C@@]12CCCO2. The Balaban J connectivity index is 1.42. The van der Waals surface area contributed by atoms with Crippen LogP contribution in [0.4, 0.5) is 0 Å². The van der Waals surface area contributed by atoms with Crippen molar-refractivity contribution >= 4 is 0 Å². The molecule has 0 saturated carbocycles. The summed E-state index contributed by atoms with van der Waals surface area (Å²) < 4.78 is 17.0. The molecule has 5 heteroatoms. The molecule has 1 aromatic rings. The summed E-state index contributed by atoms with van der Waals surface area (Å²) in [5, 5.41) is 10.5. The minimum absolute atomic E-state index is 0.275. The van der Waals surface area contributed by atoms with E-state index in [2.05, 4.69) is 17.0 Å². The number of hydrogen-bond acceptors (Lipinski definition) is 5. The number of nitrogens with zero attached hydrogens (tertiary/aromatic N) is 1. The first kappa shape index (κ1) is 14.3. The van der Waals surface area contributed by atoms with E-state index in [1.165, 1.54) is 5.56 Å². The van der Waals surface area contributed by atoms with Gasteiger partial charge in [-0.05, 0) is 37.0 Å². The van der Waals surface area contributed by atoms with Crippen molar-refractivity contribution in [1.29, 1.82) is 0 Å².